The first kappa shape index (κ1) is 13.8. The van der Waals surface area contributed by atoms with Crippen molar-refractivity contribution in [1.82, 2.24) is 10.2 Å². The molecule has 0 saturated heterocycles. The summed E-state index contributed by atoms with van der Waals surface area (Å²) in [5, 5.41) is 2.51. The maximum Gasteiger partial charge on any atom is 0.296 e. The molecule has 6 nitrogen and oxygen atoms in total. The van der Waals surface area contributed by atoms with Gasteiger partial charge in [0.2, 0.25) is 11.9 Å². The van der Waals surface area contributed by atoms with E-state index in [1.165, 1.54) is 6.92 Å². The van der Waals surface area contributed by atoms with Crippen LogP contribution in [0.2, 0.25) is 0 Å². The SMILES string of the molecule is COc1ccc(C=C2C(=O)N=C(NC(C)=O)N2C)cc1. The molecule has 1 aliphatic rings. The summed E-state index contributed by atoms with van der Waals surface area (Å²) >= 11 is 0. The van der Waals surface area contributed by atoms with Crippen molar-refractivity contribution in [2.75, 3.05) is 14.2 Å². The van der Waals surface area contributed by atoms with Gasteiger partial charge in [-0.15, -0.1) is 0 Å². The minimum absolute atomic E-state index is 0.238. The summed E-state index contributed by atoms with van der Waals surface area (Å²) in [6.45, 7) is 1.37. The summed E-state index contributed by atoms with van der Waals surface area (Å²) in [4.78, 5) is 28.2. The van der Waals surface area contributed by atoms with Crippen molar-refractivity contribution in [1.29, 1.82) is 0 Å². The summed E-state index contributed by atoms with van der Waals surface area (Å²) in [7, 11) is 3.27. The number of methoxy groups -OCH3 is 1. The van der Waals surface area contributed by atoms with Crippen LogP contribution in [0.15, 0.2) is 35.0 Å². The number of guanidine groups is 1. The van der Waals surface area contributed by atoms with E-state index in [1.807, 2.05) is 12.1 Å². The average Bonchev–Trinajstić information content (AvgIpc) is 2.66. The van der Waals surface area contributed by atoms with Crippen LogP contribution in [0.25, 0.3) is 6.08 Å². The fourth-order valence-corrected chi connectivity index (χ4v) is 1.77. The Kier molecular flexibility index (Phi) is 3.84. The number of hydrogen-bond donors (Lipinski definition) is 1. The molecule has 0 atom stereocenters. The number of nitrogens with zero attached hydrogens (tertiary/aromatic N) is 2. The van der Waals surface area contributed by atoms with Gasteiger partial charge >= 0.3 is 0 Å². The summed E-state index contributed by atoms with van der Waals surface area (Å²) in [6.07, 6.45) is 1.71. The van der Waals surface area contributed by atoms with Crippen LogP contribution in [-0.2, 0) is 9.59 Å². The summed E-state index contributed by atoms with van der Waals surface area (Å²) < 4.78 is 5.07. The number of amides is 2. The topological polar surface area (TPSA) is 71.0 Å². The standard InChI is InChI=1S/C14H15N3O3/c1-9(18)15-14-16-13(19)12(17(14)2)8-10-4-6-11(20-3)7-5-10/h4-8H,1-3H3,(H,15,16,18,19). The molecule has 0 bridgehead atoms. The van der Waals surface area contributed by atoms with Crippen molar-refractivity contribution in [3.63, 3.8) is 0 Å². The molecule has 0 radical (unpaired) electrons. The van der Waals surface area contributed by atoms with Crippen molar-refractivity contribution in [3.8, 4) is 5.75 Å². The number of hydrogen-bond acceptors (Lipinski definition) is 4. The minimum atomic E-state index is -0.382. The quantitative estimate of drug-likeness (QED) is 0.816. The predicted molar refractivity (Wildman–Crippen MR) is 75.0 cm³/mol. The van der Waals surface area contributed by atoms with Crippen LogP contribution >= 0.6 is 0 Å². The number of aliphatic imine (C=N–C) groups is 1. The zero-order chi connectivity index (χ0) is 14.7. The molecule has 1 N–H and O–H groups in total. The fourth-order valence-electron chi connectivity index (χ4n) is 1.77. The molecule has 1 heterocycles. The number of rotatable bonds is 2. The molecule has 1 aromatic carbocycles. The van der Waals surface area contributed by atoms with E-state index in [0.29, 0.717) is 5.70 Å². The zero-order valence-corrected chi connectivity index (χ0v) is 11.5. The highest BCUT2D eigenvalue weighted by Gasteiger charge is 2.26. The summed E-state index contributed by atoms with van der Waals surface area (Å²) in [5.74, 6) is 0.330. The molecule has 0 fully saturated rings. The second-order valence-corrected chi connectivity index (χ2v) is 4.28. The molecule has 6 heteroatoms. The molecule has 0 spiro atoms. The first-order chi connectivity index (χ1) is 9.51. The Labute approximate surface area is 116 Å². The number of ether oxygens (including phenoxy) is 1. The van der Waals surface area contributed by atoms with E-state index in [2.05, 4.69) is 10.3 Å². The largest absolute Gasteiger partial charge is 0.497 e. The third-order valence-corrected chi connectivity index (χ3v) is 2.81. The molecule has 1 aromatic rings. The lowest BCUT2D eigenvalue weighted by atomic mass is 10.2. The molecule has 0 aromatic heterocycles. The average molecular weight is 273 g/mol. The van der Waals surface area contributed by atoms with E-state index in [4.69, 9.17) is 4.74 Å². The van der Waals surface area contributed by atoms with Crippen LogP contribution in [0.3, 0.4) is 0 Å². The van der Waals surface area contributed by atoms with Gasteiger partial charge in [0, 0.05) is 14.0 Å². The van der Waals surface area contributed by atoms with Crippen LogP contribution in [0, 0.1) is 0 Å². The van der Waals surface area contributed by atoms with E-state index in [9.17, 15) is 9.59 Å². The van der Waals surface area contributed by atoms with E-state index in [-0.39, 0.29) is 17.8 Å². The Morgan fingerprint density at radius 2 is 2.00 bits per heavy atom. The zero-order valence-electron chi connectivity index (χ0n) is 11.5. The van der Waals surface area contributed by atoms with Crippen LogP contribution in [0.5, 0.6) is 5.75 Å². The minimum Gasteiger partial charge on any atom is -0.497 e. The summed E-state index contributed by atoms with van der Waals surface area (Å²) in [5.41, 5.74) is 1.25. The lowest BCUT2D eigenvalue weighted by molar-refractivity contribution is -0.117. The van der Waals surface area contributed by atoms with Crippen LogP contribution in [0.1, 0.15) is 12.5 Å². The third kappa shape index (κ3) is 2.85. The second kappa shape index (κ2) is 5.56. The Balaban J connectivity index is 2.22. The van der Waals surface area contributed by atoms with Gasteiger partial charge in [-0.05, 0) is 23.8 Å². The molecule has 0 saturated carbocycles. The first-order valence-corrected chi connectivity index (χ1v) is 6.01. The molecule has 20 heavy (non-hydrogen) atoms. The highest BCUT2D eigenvalue weighted by molar-refractivity contribution is 6.15. The van der Waals surface area contributed by atoms with Gasteiger partial charge in [-0.2, -0.15) is 4.99 Å². The molecular weight excluding hydrogens is 258 g/mol. The molecule has 2 amide bonds. The fraction of sp³-hybridized carbons (Fsp3) is 0.214. The molecule has 0 unspecified atom stereocenters. The predicted octanol–water partition coefficient (Wildman–Crippen LogP) is 1.00. The van der Waals surface area contributed by atoms with Crippen molar-refractivity contribution in [2.24, 2.45) is 4.99 Å². The van der Waals surface area contributed by atoms with Crippen molar-refractivity contribution < 1.29 is 14.3 Å². The highest BCUT2D eigenvalue weighted by atomic mass is 16.5. The molecule has 104 valence electrons. The van der Waals surface area contributed by atoms with Gasteiger partial charge < -0.3 is 9.64 Å². The number of benzene rings is 1. The van der Waals surface area contributed by atoms with E-state index in [0.717, 1.165) is 11.3 Å². The maximum atomic E-state index is 11.8. The van der Waals surface area contributed by atoms with Crippen LogP contribution in [-0.4, -0.2) is 36.8 Å². The van der Waals surface area contributed by atoms with Crippen molar-refractivity contribution in [3.05, 3.63) is 35.5 Å². The smallest absolute Gasteiger partial charge is 0.296 e. The van der Waals surface area contributed by atoms with E-state index in [1.54, 1.807) is 37.3 Å². The Morgan fingerprint density at radius 1 is 1.35 bits per heavy atom. The maximum absolute atomic E-state index is 11.8. The van der Waals surface area contributed by atoms with Gasteiger partial charge in [0.05, 0.1) is 7.11 Å². The lowest BCUT2D eigenvalue weighted by Crippen LogP contribution is -2.37. The van der Waals surface area contributed by atoms with Gasteiger partial charge in [-0.25, -0.2) is 0 Å². The van der Waals surface area contributed by atoms with E-state index < -0.39 is 0 Å². The molecule has 0 aliphatic carbocycles. The third-order valence-electron chi connectivity index (χ3n) is 2.81. The number of carbonyl (C=O) groups excluding carboxylic acids is 2. The highest BCUT2D eigenvalue weighted by Crippen LogP contribution is 2.18. The Bertz CT molecular complexity index is 603. The van der Waals surface area contributed by atoms with Gasteiger partial charge in [0.15, 0.2) is 0 Å². The monoisotopic (exact) mass is 273 g/mol. The van der Waals surface area contributed by atoms with Gasteiger partial charge in [0.1, 0.15) is 11.4 Å². The Morgan fingerprint density at radius 3 is 2.55 bits per heavy atom. The van der Waals surface area contributed by atoms with E-state index >= 15 is 0 Å². The normalized spacial score (nSPS) is 16.4. The van der Waals surface area contributed by atoms with Crippen LogP contribution in [0.4, 0.5) is 0 Å². The molecular formula is C14H15N3O3. The van der Waals surface area contributed by atoms with Crippen molar-refractivity contribution >= 4 is 23.8 Å². The number of likely N-dealkylation sites (N-methyl/N-ethyl adjacent to an activating group) is 1. The van der Waals surface area contributed by atoms with Gasteiger partial charge in [0.25, 0.3) is 5.91 Å². The molecule has 2 rings (SSSR count). The first-order valence-electron chi connectivity index (χ1n) is 6.01. The van der Waals surface area contributed by atoms with Gasteiger partial charge in [-0.3, -0.25) is 14.9 Å². The summed E-state index contributed by atoms with van der Waals surface area (Å²) in [6, 6.07) is 7.29. The lowest BCUT2D eigenvalue weighted by Gasteiger charge is -2.14. The molecule has 1 aliphatic heterocycles. The Hall–Kier alpha value is -2.63. The second-order valence-electron chi connectivity index (χ2n) is 4.28. The van der Waals surface area contributed by atoms with Gasteiger partial charge in [-0.1, -0.05) is 12.1 Å². The van der Waals surface area contributed by atoms with Crippen molar-refractivity contribution in [2.45, 2.75) is 6.92 Å². The number of nitrogens with one attached hydrogen (secondary N) is 1. The number of carbonyl (C=O) groups is 2. The van der Waals surface area contributed by atoms with Crippen LogP contribution < -0.4 is 10.1 Å².